The molecule has 234 valence electrons. The predicted octanol–water partition coefficient (Wildman–Crippen LogP) is 10.6. The van der Waals surface area contributed by atoms with Crippen molar-refractivity contribution < 1.29 is 19.4 Å². The third kappa shape index (κ3) is 31.1. The summed E-state index contributed by atoms with van der Waals surface area (Å²) in [4.78, 5) is 12.1. The molecule has 0 aliphatic rings. The Morgan fingerprint density at radius 1 is 0.625 bits per heavy atom. The van der Waals surface area contributed by atoms with E-state index in [9.17, 15) is 9.90 Å². The number of aliphatic hydroxyl groups excluding tert-OH is 1. The van der Waals surface area contributed by atoms with E-state index in [0.29, 0.717) is 13.0 Å². The van der Waals surface area contributed by atoms with Crippen molar-refractivity contribution in [3.8, 4) is 0 Å². The number of ether oxygens (including phenoxy) is 2. The fourth-order valence-electron chi connectivity index (χ4n) is 4.69. The Balaban J connectivity index is 3.48. The Morgan fingerprint density at radius 2 is 1.12 bits per heavy atom. The SMILES string of the molecule is CC/C=C\C/C=C\C/C=C\CCCCCC(=O)OC(CO)COCCCCCCCCCCCCCCCCC. The minimum atomic E-state index is -0.544. The molecule has 0 rings (SSSR count). The lowest BCUT2D eigenvalue weighted by Gasteiger charge is -2.15. The molecule has 0 aliphatic heterocycles. The number of hydrogen-bond donors (Lipinski definition) is 1. The quantitative estimate of drug-likeness (QED) is 0.0518. The molecule has 0 spiro atoms. The van der Waals surface area contributed by atoms with Crippen LogP contribution >= 0.6 is 0 Å². The van der Waals surface area contributed by atoms with Gasteiger partial charge in [-0.3, -0.25) is 4.79 Å². The molecule has 0 saturated carbocycles. The summed E-state index contributed by atoms with van der Waals surface area (Å²) < 4.78 is 11.1. The summed E-state index contributed by atoms with van der Waals surface area (Å²) in [7, 11) is 0. The molecule has 0 amide bonds. The van der Waals surface area contributed by atoms with E-state index < -0.39 is 6.10 Å². The summed E-state index contributed by atoms with van der Waals surface area (Å²) in [6.45, 7) is 5.20. The number of carbonyl (C=O) groups excluding carboxylic acids is 1. The highest BCUT2D eigenvalue weighted by Crippen LogP contribution is 2.13. The standard InChI is InChI=1S/C36H66O4/c1-3-5-7-9-11-13-15-17-18-20-22-24-26-28-30-32-39-34-35(33-37)40-36(38)31-29-27-25-23-21-19-16-14-12-10-8-6-4-2/h6,8,12,14,19,21,35,37H,3-5,7,9-11,13,15-18,20,22-34H2,1-2H3/b8-6-,14-12-,21-19-. The largest absolute Gasteiger partial charge is 0.457 e. The van der Waals surface area contributed by atoms with E-state index in [1.807, 2.05) is 0 Å². The molecule has 0 radical (unpaired) electrons. The second-order valence-corrected chi connectivity index (χ2v) is 11.2. The van der Waals surface area contributed by atoms with Crippen LogP contribution in [0.25, 0.3) is 0 Å². The van der Waals surface area contributed by atoms with Crippen LogP contribution in [-0.2, 0) is 14.3 Å². The zero-order valence-corrected chi connectivity index (χ0v) is 26.6. The third-order valence-electron chi connectivity index (χ3n) is 7.23. The summed E-state index contributed by atoms with van der Waals surface area (Å²) in [5.41, 5.74) is 0. The number of hydrogen-bond acceptors (Lipinski definition) is 4. The smallest absolute Gasteiger partial charge is 0.306 e. The van der Waals surface area contributed by atoms with Crippen LogP contribution < -0.4 is 0 Å². The maximum atomic E-state index is 12.1. The molecule has 1 unspecified atom stereocenters. The summed E-state index contributed by atoms with van der Waals surface area (Å²) in [5.74, 6) is -0.229. The Morgan fingerprint density at radius 3 is 1.68 bits per heavy atom. The topological polar surface area (TPSA) is 55.8 Å². The molecular formula is C36H66O4. The first-order valence-corrected chi connectivity index (χ1v) is 17.1. The van der Waals surface area contributed by atoms with Crippen LogP contribution in [0.5, 0.6) is 0 Å². The van der Waals surface area contributed by atoms with Crippen molar-refractivity contribution in [2.24, 2.45) is 0 Å². The molecule has 0 aromatic carbocycles. The van der Waals surface area contributed by atoms with Gasteiger partial charge in [0, 0.05) is 13.0 Å². The molecule has 0 aromatic heterocycles. The van der Waals surface area contributed by atoms with Gasteiger partial charge in [-0.25, -0.2) is 0 Å². The molecule has 1 atom stereocenters. The lowest BCUT2D eigenvalue weighted by Crippen LogP contribution is -2.27. The number of unbranched alkanes of at least 4 members (excludes halogenated alkanes) is 17. The van der Waals surface area contributed by atoms with Crippen molar-refractivity contribution in [2.45, 2.75) is 168 Å². The van der Waals surface area contributed by atoms with Crippen molar-refractivity contribution in [1.82, 2.24) is 0 Å². The second kappa shape index (κ2) is 33.8. The van der Waals surface area contributed by atoms with Gasteiger partial charge in [-0.05, 0) is 44.9 Å². The van der Waals surface area contributed by atoms with E-state index in [0.717, 1.165) is 51.4 Å². The van der Waals surface area contributed by atoms with E-state index in [-0.39, 0.29) is 19.2 Å². The highest BCUT2D eigenvalue weighted by molar-refractivity contribution is 5.69. The van der Waals surface area contributed by atoms with Crippen LogP contribution in [0.15, 0.2) is 36.5 Å². The fraction of sp³-hybridized carbons (Fsp3) is 0.806. The molecule has 0 aliphatic carbocycles. The van der Waals surface area contributed by atoms with Gasteiger partial charge in [0.25, 0.3) is 0 Å². The Hall–Kier alpha value is -1.39. The van der Waals surface area contributed by atoms with Crippen molar-refractivity contribution in [2.75, 3.05) is 19.8 Å². The lowest BCUT2D eigenvalue weighted by molar-refractivity contribution is -0.154. The van der Waals surface area contributed by atoms with E-state index in [1.165, 1.54) is 89.9 Å². The highest BCUT2D eigenvalue weighted by atomic mass is 16.6. The summed E-state index contributed by atoms with van der Waals surface area (Å²) >= 11 is 0. The van der Waals surface area contributed by atoms with Crippen molar-refractivity contribution in [3.63, 3.8) is 0 Å². The van der Waals surface area contributed by atoms with E-state index in [2.05, 4.69) is 50.3 Å². The van der Waals surface area contributed by atoms with Crippen LogP contribution in [-0.4, -0.2) is 37.0 Å². The normalized spacial score (nSPS) is 12.8. The van der Waals surface area contributed by atoms with Gasteiger partial charge in [-0.1, -0.05) is 147 Å². The zero-order valence-electron chi connectivity index (χ0n) is 26.6. The number of aliphatic hydroxyl groups is 1. The molecule has 0 saturated heterocycles. The van der Waals surface area contributed by atoms with Crippen LogP contribution in [0.4, 0.5) is 0 Å². The van der Waals surface area contributed by atoms with Crippen LogP contribution in [0.2, 0.25) is 0 Å². The van der Waals surface area contributed by atoms with Gasteiger partial charge in [0.15, 0.2) is 0 Å². The number of allylic oxidation sites excluding steroid dienone is 6. The molecule has 4 heteroatoms. The van der Waals surface area contributed by atoms with Gasteiger partial charge in [-0.15, -0.1) is 0 Å². The molecule has 4 nitrogen and oxygen atoms in total. The first kappa shape index (κ1) is 38.6. The first-order chi connectivity index (χ1) is 19.7. The van der Waals surface area contributed by atoms with E-state index in [4.69, 9.17) is 9.47 Å². The molecule has 0 heterocycles. The van der Waals surface area contributed by atoms with Crippen LogP contribution in [0.1, 0.15) is 162 Å². The predicted molar refractivity (Wildman–Crippen MR) is 173 cm³/mol. The monoisotopic (exact) mass is 562 g/mol. The lowest BCUT2D eigenvalue weighted by atomic mass is 10.0. The average Bonchev–Trinajstić information content (AvgIpc) is 2.96. The average molecular weight is 563 g/mol. The van der Waals surface area contributed by atoms with Crippen molar-refractivity contribution in [1.29, 1.82) is 0 Å². The summed E-state index contributed by atoms with van der Waals surface area (Å²) in [6, 6.07) is 0. The molecule has 40 heavy (non-hydrogen) atoms. The number of esters is 1. The fourth-order valence-corrected chi connectivity index (χ4v) is 4.69. The molecule has 0 bridgehead atoms. The number of carbonyl (C=O) groups is 1. The highest BCUT2D eigenvalue weighted by Gasteiger charge is 2.13. The Labute approximate surface area is 249 Å². The van der Waals surface area contributed by atoms with Crippen molar-refractivity contribution in [3.05, 3.63) is 36.5 Å². The van der Waals surface area contributed by atoms with Crippen LogP contribution in [0.3, 0.4) is 0 Å². The number of rotatable bonds is 31. The van der Waals surface area contributed by atoms with Gasteiger partial charge >= 0.3 is 5.97 Å². The maximum Gasteiger partial charge on any atom is 0.306 e. The van der Waals surface area contributed by atoms with Gasteiger partial charge in [0.2, 0.25) is 0 Å². The van der Waals surface area contributed by atoms with E-state index in [1.54, 1.807) is 0 Å². The maximum absolute atomic E-state index is 12.1. The second-order valence-electron chi connectivity index (χ2n) is 11.2. The summed E-state index contributed by atoms with van der Waals surface area (Å²) in [5, 5.41) is 9.52. The first-order valence-electron chi connectivity index (χ1n) is 17.1. The molecule has 0 fully saturated rings. The van der Waals surface area contributed by atoms with E-state index >= 15 is 0 Å². The molecular weight excluding hydrogens is 496 g/mol. The van der Waals surface area contributed by atoms with Gasteiger partial charge < -0.3 is 14.6 Å². The van der Waals surface area contributed by atoms with Crippen LogP contribution in [0, 0.1) is 0 Å². The zero-order chi connectivity index (χ0) is 29.2. The third-order valence-corrected chi connectivity index (χ3v) is 7.23. The van der Waals surface area contributed by atoms with Gasteiger partial charge in [0.05, 0.1) is 13.2 Å². The van der Waals surface area contributed by atoms with Gasteiger partial charge in [-0.2, -0.15) is 0 Å². The minimum absolute atomic E-state index is 0.182. The van der Waals surface area contributed by atoms with Gasteiger partial charge in [0.1, 0.15) is 6.10 Å². The molecule has 0 aromatic rings. The van der Waals surface area contributed by atoms with Crippen molar-refractivity contribution >= 4 is 5.97 Å². The molecule has 1 N–H and O–H groups in total. The Kier molecular flexibility index (Phi) is 32.6. The summed E-state index contributed by atoms with van der Waals surface area (Å²) in [6.07, 6.45) is 40.4. The minimum Gasteiger partial charge on any atom is -0.457 e. The Bertz CT molecular complexity index is 596.